The second-order valence-corrected chi connectivity index (χ2v) is 3.28. The molecule has 0 radical (unpaired) electrons. The third-order valence-corrected chi connectivity index (χ3v) is 2.29. The molecule has 74 valence electrons. The molecule has 1 heterocycles. The van der Waals surface area contributed by atoms with Crippen LogP contribution in [0.15, 0.2) is 24.3 Å². The van der Waals surface area contributed by atoms with E-state index in [0.717, 1.165) is 5.69 Å². The van der Waals surface area contributed by atoms with E-state index in [1.807, 2.05) is 24.3 Å². The van der Waals surface area contributed by atoms with E-state index in [2.05, 4.69) is 0 Å². The Morgan fingerprint density at radius 2 is 2.21 bits per heavy atom. The smallest absolute Gasteiger partial charge is 0.247 e. The van der Waals surface area contributed by atoms with Crippen LogP contribution in [-0.2, 0) is 4.79 Å². The summed E-state index contributed by atoms with van der Waals surface area (Å²) in [6, 6.07) is 6.83. The summed E-state index contributed by atoms with van der Waals surface area (Å²) in [6.45, 7) is 0.236. The fourth-order valence-corrected chi connectivity index (χ4v) is 1.47. The number of benzene rings is 1. The normalized spacial score (nSPS) is 21.1. The SMILES string of the molecule is CN1C(=O)[C@H](N)COc2ccccc21. The van der Waals surface area contributed by atoms with Gasteiger partial charge in [0, 0.05) is 7.05 Å². The minimum Gasteiger partial charge on any atom is -0.489 e. The van der Waals surface area contributed by atoms with Crippen molar-refractivity contribution in [3.8, 4) is 5.75 Å². The van der Waals surface area contributed by atoms with Crippen molar-refractivity contribution in [3.05, 3.63) is 24.3 Å². The minimum atomic E-state index is -0.576. The van der Waals surface area contributed by atoms with Crippen LogP contribution in [0.4, 0.5) is 5.69 Å². The number of hydrogen-bond acceptors (Lipinski definition) is 3. The molecule has 0 spiro atoms. The van der Waals surface area contributed by atoms with E-state index in [0.29, 0.717) is 5.75 Å². The van der Waals surface area contributed by atoms with Crippen molar-refractivity contribution < 1.29 is 9.53 Å². The number of hydrogen-bond donors (Lipinski definition) is 1. The van der Waals surface area contributed by atoms with Crippen molar-refractivity contribution in [2.45, 2.75) is 6.04 Å². The Balaban J connectivity index is 2.45. The molecule has 2 N–H and O–H groups in total. The Kier molecular flexibility index (Phi) is 2.13. The molecule has 0 aliphatic carbocycles. The highest BCUT2D eigenvalue weighted by atomic mass is 16.5. The molecule has 0 saturated heterocycles. The van der Waals surface area contributed by atoms with Crippen LogP contribution in [0.2, 0.25) is 0 Å². The number of nitrogens with two attached hydrogens (primary N) is 1. The van der Waals surface area contributed by atoms with E-state index in [1.165, 1.54) is 4.90 Å². The summed E-state index contributed by atoms with van der Waals surface area (Å²) in [6.07, 6.45) is 0. The maximum absolute atomic E-state index is 11.6. The second kappa shape index (κ2) is 3.31. The van der Waals surface area contributed by atoms with Crippen LogP contribution >= 0.6 is 0 Å². The van der Waals surface area contributed by atoms with Gasteiger partial charge in [-0.1, -0.05) is 12.1 Å². The number of likely N-dealkylation sites (N-methyl/N-ethyl adjacent to an activating group) is 1. The molecule has 0 aromatic heterocycles. The zero-order valence-corrected chi connectivity index (χ0v) is 7.93. The van der Waals surface area contributed by atoms with Crippen molar-refractivity contribution in [2.24, 2.45) is 5.73 Å². The Morgan fingerprint density at radius 1 is 1.50 bits per heavy atom. The van der Waals surface area contributed by atoms with Gasteiger partial charge in [-0.2, -0.15) is 0 Å². The molecule has 1 amide bonds. The molecule has 2 rings (SSSR count). The highest BCUT2D eigenvalue weighted by Gasteiger charge is 2.25. The standard InChI is InChI=1S/C10H12N2O2/c1-12-8-4-2-3-5-9(8)14-6-7(11)10(12)13/h2-5,7H,6,11H2,1H3/t7-/m1/s1. The molecule has 4 heteroatoms. The van der Waals surface area contributed by atoms with Crippen molar-refractivity contribution in [1.29, 1.82) is 0 Å². The Morgan fingerprint density at radius 3 is 3.00 bits per heavy atom. The number of fused-ring (bicyclic) bond motifs is 1. The zero-order chi connectivity index (χ0) is 10.1. The summed E-state index contributed by atoms with van der Waals surface area (Å²) in [5.41, 5.74) is 6.40. The number of carbonyl (C=O) groups excluding carboxylic acids is 1. The van der Waals surface area contributed by atoms with Gasteiger partial charge in [-0.15, -0.1) is 0 Å². The van der Waals surface area contributed by atoms with Crippen LogP contribution in [0.25, 0.3) is 0 Å². The maximum atomic E-state index is 11.6. The molecule has 14 heavy (non-hydrogen) atoms. The molecule has 1 aliphatic rings. The number of rotatable bonds is 0. The fourth-order valence-electron chi connectivity index (χ4n) is 1.47. The summed E-state index contributed by atoms with van der Waals surface area (Å²) >= 11 is 0. The van der Waals surface area contributed by atoms with E-state index < -0.39 is 6.04 Å². The predicted molar refractivity (Wildman–Crippen MR) is 53.3 cm³/mol. The minimum absolute atomic E-state index is 0.116. The molecular formula is C10H12N2O2. The van der Waals surface area contributed by atoms with Crippen LogP contribution in [-0.4, -0.2) is 25.6 Å². The molecule has 1 aliphatic heterocycles. The topological polar surface area (TPSA) is 55.6 Å². The lowest BCUT2D eigenvalue weighted by Gasteiger charge is -2.17. The van der Waals surface area contributed by atoms with Gasteiger partial charge in [0.05, 0.1) is 5.69 Å². The van der Waals surface area contributed by atoms with Gasteiger partial charge < -0.3 is 15.4 Å². The Labute approximate surface area is 82.3 Å². The molecule has 1 aromatic carbocycles. The van der Waals surface area contributed by atoms with Gasteiger partial charge in [0.1, 0.15) is 18.4 Å². The lowest BCUT2D eigenvalue weighted by atomic mass is 10.2. The number of anilines is 1. The molecule has 4 nitrogen and oxygen atoms in total. The quantitative estimate of drug-likeness (QED) is 0.646. The summed E-state index contributed by atoms with van der Waals surface area (Å²) in [7, 11) is 1.70. The molecular weight excluding hydrogens is 180 g/mol. The van der Waals surface area contributed by atoms with Crippen LogP contribution in [0.1, 0.15) is 0 Å². The molecule has 0 fully saturated rings. The van der Waals surface area contributed by atoms with Crippen LogP contribution < -0.4 is 15.4 Å². The van der Waals surface area contributed by atoms with Crippen molar-refractivity contribution in [3.63, 3.8) is 0 Å². The highest BCUT2D eigenvalue weighted by molar-refractivity contribution is 5.98. The predicted octanol–water partition coefficient (Wildman–Crippen LogP) is 0.369. The van der Waals surface area contributed by atoms with Crippen LogP contribution in [0, 0.1) is 0 Å². The van der Waals surface area contributed by atoms with Crippen LogP contribution in [0.3, 0.4) is 0 Å². The first-order chi connectivity index (χ1) is 6.70. The van der Waals surface area contributed by atoms with E-state index >= 15 is 0 Å². The van der Waals surface area contributed by atoms with Gasteiger partial charge in [0.2, 0.25) is 5.91 Å². The van der Waals surface area contributed by atoms with Crippen molar-refractivity contribution in [2.75, 3.05) is 18.6 Å². The van der Waals surface area contributed by atoms with E-state index in [-0.39, 0.29) is 12.5 Å². The summed E-state index contributed by atoms with van der Waals surface area (Å²) in [5.74, 6) is 0.589. The molecule has 0 bridgehead atoms. The van der Waals surface area contributed by atoms with Gasteiger partial charge in [0.15, 0.2) is 0 Å². The first kappa shape index (κ1) is 9.02. The van der Waals surface area contributed by atoms with E-state index in [9.17, 15) is 4.79 Å². The average Bonchev–Trinajstić information content (AvgIpc) is 2.32. The van der Waals surface area contributed by atoms with E-state index in [4.69, 9.17) is 10.5 Å². The summed E-state index contributed by atoms with van der Waals surface area (Å²) < 4.78 is 5.41. The van der Waals surface area contributed by atoms with Gasteiger partial charge in [-0.25, -0.2) is 0 Å². The lowest BCUT2D eigenvalue weighted by Crippen LogP contribution is -2.43. The zero-order valence-electron chi connectivity index (χ0n) is 7.93. The number of ether oxygens (including phenoxy) is 1. The van der Waals surface area contributed by atoms with E-state index in [1.54, 1.807) is 7.05 Å². The maximum Gasteiger partial charge on any atom is 0.247 e. The Bertz CT molecular complexity index is 365. The monoisotopic (exact) mass is 192 g/mol. The average molecular weight is 192 g/mol. The third-order valence-electron chi connectivity index (χ3n) is 2.29. The largest absolute Gasteiger partial charge is 0.489 e. The van der Waals surface area contributed by atoms with Gasteiger partial charge in [-0.3, -0.25) is 4.79 Å². The van der Waals surface area contributed by atoms with Crippen molar-refractivity contribution in [1.82, 2.24) is 0 Å². The Hall–Kier alpha value is -1.55. The second-order valence-electron chi connectivity index (χ2n) is 3.28. The molecule has 0 unspecified atom stereocenters. The van der Waals surface area contributed by atoms with Crippen molar-refractivity contribution >= 4 is 11.6 Å². The lowest BCUT2D eigenvalue weighted by molar-refractivity contribution is -0.119. The van der Waals surface area contributed by atoms with Gasteiger partial charge >= 0.3 is 0 Å². The third kappa shape index (κ3) is 1.33. The summed E-state index contributed by atoms with van der Waals surface area (Å²) in [5, 5.41) is 0. The first-order valence-corrected chi connectivity index (χ1v) is 4.45. The number of amides is 1. The fraction of sp³-hybridized carbons (Fsp3) is 0.300. The number of carbonyl (C=O) groups is 1. The number of nitrogens with zero attached hydrogens (tertiary/aromatic N) is 1. The first-order valence-electron chi connectivity index (χ1n) is 4.45. The van der Waals surface area contributed by atoms with Crippen LogP contribution in [0.5, 0.6) is 5.75 Å². The summed E-state index contributed by atoms with van der Waals surface area (Å²) in [4.78, 5) is 13.2. The molecule has 1 aromatic rings. The molecule has 1 atom stereocenters. The number of para-hydroxylation sites is 2. The van der Waals surface area contributed by atoms with Gasteiger partial charge in [-0.05, 0) is 12.1 Å². The van der Waals surface area contributed by atoms with Gasteiger partial charge in [0.25, 0.3) is 0 Å². The highest BCUT2D eigenvalue weighted by Crippen LogP contribution is 2.29. The molecule has 0 saturated carbocycles.